The van der Waals surface area contributed by atoms with Gasteiger partial charge in [-0.25, -0.2) is 0 Å². The molecule has 4 rings (SSSR count). The van der Waals surface area contributed by atoms with Crippen molar-refractivity contribution < 1.29 is 9.47 Å². The molecule has 0 aromatic carbocycles. The van der Waals surface area contributed by atoms with Gasteiger partial charge in [0.25, 0.3) is 0 Å². The molecule has 0 spiro atoms. The van der Waals surface area contributed by atoms with E-state index in [1.807, 2.05) is 0 Å². The number of hydrogen-bond donors (Lipinski definition) is 0. The maximum Gasteiger partial charge on any atom is 0.134 e. The van der Waals surface area contributed by atoms with Crippen molar-refractivity contribution in [1.29, 1.82) is 0 Å². The van der Waals surface area contributed by atoms with Crippen LogP contribution in [0.25, 0.3) is 0 Å². The van der Waals surface area contributed by atoms with Crippen LogP contribution in [0.2, 0.25) is 0 Å². The first kappa shape index (κ1) is 17.1. The first-order valence-electron chi connectivity index (χ1n) is 9.69. The molecular formula is C19H32O2S2. The Hall–Kier alpha value is 0.620. The van der Waals surface area contributed by atoms with Crippen LogP contribution < -0.4 is 0 Å². The van der Waals surface area contributed by atoms with E-state index in [0.29, 0.717) is 0 Å². The molecule has 4 heteroatoms. The fraction of sp³-hybridized carbons (Fsp3) is 1.00. The molecule has 4 aliphatic rings. The van der Waals surface area contributed by atoms with Gasteiger partial charge in [-0.15, -0.1) is 23.5 Å². The van der Waals surface area contributed by atoms with Crippen molar-refractivity contribution in [3.05, 3.63) is 0 Å². The van der Waals surface area contributed by atoms with Crippen molar-refractivity contribution in [2.75, 3.05) is 13.2 Å². The van der Waals surface area contributed by atoms with Crippen molar-refractivity contribution in [2.24, 2.45) is 11.8 Å². The highest BCUT2D eigenvalue weighted by molar-refractivity contribution is 8.01. The van der Waals surface area contributed by atoms with E-state index in [4.69, 9.17) is 9.47 Å². The van der Waals surface area contributed by atoms with Gasteiger partial charge in [0, 0.05) is 10.5 Å². The Balaban J connectivity index is 1.37. The molecule has 6 atom stereocenters. The Bertz CT molecular complexity index is 382. The van der Waals surface area contributed by atoms with Gasteiger partial charge in [0.05, 0.1) is 13.2 Å². The Morgan fingerprint density at radius 3 is 1.52 bits per heavy atom. The Morgan fingerprint density at radius 2 is 1.13 bits per heavy atom. The van der Waals surface area contributed by atoms with Gasteiger partial charge in [0.1, 0.15) is 9.87 Å². The molecule has 2 aliphatic heterocycles. The van der Waals surface area contributed by atoms with Gasteiger partial charge in [-0.3, -0.25) is 0 Å². The number of thioether (sulfide) groups is 2. The molecular weight excluding hydrogens is 324 g/mol. The predicted octanol–water partition coefficient (Wildman–Crippen LogP) is 5.45. The molecule has 132 valence electrons. The molecule has 2 saturated heterocycles. The van der Waals surface area contributed by atoms with Crippen LogP contribution in [0.4, 0.5) is 0 Å². The van der Waals surface area contributed by atoms with Crippen LogP contribution in [0.3, 0.4) is 0 Å². The van der Waals surface area contributed by atoms with Gasteiger partial charge in [-0.1, -0.05) is 25.7 Å². The SMILES string of the molecule is CC1(SC2CCCCC2CC2CCCCC2SC2(C)CO2)CO1. The van der Waals surface area contributed by atoms with E-state index in [1.54, 1.807) is 0 Å². The third-order valence-electron chi connectivity index (χ3n) is 6.19. The normalized spacial score (nSPS) is 49.8. The van der Waals surface area contributed by atoms with Crippen LogP contribution in [-0.2, 0) is 9.47 Å². The Morgan fingerprint density at radius 1 is 0.739 bits per heavy atom. The minimum atomic E-state index is 0.163. The molecule has 2 nitrogen and oxygen atoms in total. The fourth-order valence-electron chi connectivity index (χ4n) is 4.57. The van der Waals surface area contributed by atoms with E-state index in [2.05, 4.69) is 37.4 Å². The summed E-state index contributed by atoms with van der Waals surface area (Å²) in [6.07, 6.45) is 13.0. The highest BCUT2D eigenvalue weighted by Gasteiger charge is 2.46. The molecule has 0 aromatic rings. The van der Waals surface area contributed by atoms with Gasteiger partial charge >= 0.3 is 0 Å². The summed E-state index contributed by atoms with van der Waals surface area (Å²) < 4.78 is 11.3. The van der Waals surface area contributed by atoms with E-state index in [0.717, 1.165) is 35.5 Å². The van der Waals surface area contributed by atoms with E-state index in [1.165, 1.54) is 57.8 Å². The minimum Gasteiger partial charge on any atom is -0.358 e. The quantitative estimate of drug-likeness (QED) is 0.591. The molecule has 2 aliphatic carbocycles. The van der Waals surface area contributed by atoms with Gasteiger partial charge in [-0.2, -0.15) is 0 Å². The molecule has 2 heterocycles. The number of ether oxygens (including phenoxy) is 2. The van der Waals surface area contributed by atoms with Crippen molar-refractivity contribution in [3.63, 3.8) is 0 Å². The van der Waals surface area contributed by atoms with Gasteiger partial charge in [0.2, 0.25) is 0 Å². The smallest absolute Gasteiger partial charge is 0.134 e. The lowest BCUT2D eigenvalue weighted by Crippen LogP contribution is -2.32. The lowest BCUT2D eigenvalue weighted by molar-refractivity contribution is 0.254. The summed E-state index contributed by atoms with van der Waals surface area (Å²) in [7, 11) is 0. The van der Waals surface area contributed by atoms with Crippen molar-refractivity contribution in [3.8, 4) is 0 Å². The van der Waals surface area contributed by atoms with Crippen molar-refractivity contribution in [1.82, 2.24) is 0 Å². The summed E-state index contributed by atoms with van der Waals surface area (Å²) >= 11 is 4.32. The first-order valence-corrected chi connectivity index (χ1v) is 11.4. The van der Waals surface area contributed by atoms with Crippen molar-refractivity contribution >= 4 is 23.5 Å². The summed E-state index contributed by atoms with van der Waals surface area (Å²) in [5, 5.41) is 1.69. The molecule has 0 radical (unpaired) electrons. The van der Waals surface area contributed by atoms with Crippen LogP contribution in [0.15, 0.2) is 0 Å². The minimum absolute atomic E-state index is 0.163. The number of hydrogen-bond acceptors (Lipinski definition) is 4. The maximum atomic E-state index is 5.67. The molecule has 6 unspecified atom stereocenters. The number of epoxide rings is 2. The number of rotatable bonds is 6. The highest BCUT2D eigenvalue weighted by Crippen LogP contribution is 2.52. The summed E-state index contributed by atoms with van der Waals surface area (Å²) in [5.41, 5.74) is 0. The van der Waals surface area contributed by atoms with Gasteiger partial charge in [-0.05, 0) is 57.8 Å². The van der Waals surface area contributed by atoms with Crippen LogP contribution in [0.5, 0.6) is 0 Å². The maximum absolute atomic E-state index is 5.67. The Labute approximate surface area is 150 Å². The topological polar surface area (TPSA) is 25.1 Å². The zero-order chi connectivity index (χ0) is 15.9. The van der Waals surface area contributed by atoms with E-state index in [-0.39, 0.29) is 9.87 Å². The van der Waals surface area contributed by atoms with E-state index < -0.39 is 0 Å². The molecule has 2 saturated carbocycles. The van der Waals surface area contributed by atoms with Gasteiger partial charge < -0.3 is 9.47 Å². The first-order chi connectivity index (χ1) is 11.1. The van der Waals surface area contributed by atoms with Crippen LogP contribution >= 0.6 is 23.5 Å². The summed E-state index contributed by atoms with van der Waals surface area (Å²) in [4.78, 5) is 0.326. The van der Waals surface area contributed by atoms with Gasteiger partial charge in [0.15, 0.2) is 0 Å². The third kappa shape index (κ3) is 4.43. The second-order valence-corrected chi connectivity index (χ2v) is 11.9. The zero-order valence-electron chi connectivity index (χ0n) is 14.7. The highest BCUT2D eigenvalue weighted by atomic mass is 32.2. The molecule has 23 heavy (non-hydrogen) atoms. The predicted molar refractivity (Wildman–Crippen MR) is 100 cm³/mol. The van der Waals surface area contributed by atoms with Crippen LogP contribution in [0, 0.1) is 11.8 Å². The largest absolute Gasteiger partial charge is 0.358 e. The third-order valence-corrected chi connectivity index (χ3v) is 9.50. The average molecular weight is 357 g/mol. The second kappa shape index (κ2) is 6.74. The van der Waals surface area contributed by atoms with E-state index >= 15 is 0 Å². The Kier molecular flexibility index (Phi) is 4.99. The van der Waals surface area contributed by atoms with Crippen LogP contribution in [0.1, 0.15) is 71.6 Å². The van der Waals surface area contributed by atoms with Crippen LogP contribution in [-0.4, -0.2) is 33.6 Å². The summed E-state index contributed by atoms with van der Waals surface area (Å²) in [5.74, 6) is 1.85. The lowest BCUT2D eigenvalue weighted by atomic mass is 9.77. The van der Waals surface area contributed by atoms with E-state index in [9.17, 15) is 0 Å². The molecule has 0 aromatic heterocycles. The zero-order valence-corrected chi connectivity index (χ0v) is 16.4. The fourth-order valence-corrected chi connectivity index (χ4v) is 7.68. The molecule has 0 amide bonds. The van der Waals surface area contributed by atoms with Crippen molar-refractivity contribution in [2.45, 2.75) is 92.0 Å². The summed E-state index contributed by atoms with van der Waals surface area (Å²) in [6, 6.07) is 0. The lowest BCUT2D eigenvalue weighted by Gasteiger charge is -2.39. The molecule has 0 bridgehead atoms. The molecule has 0 N–H and O–H groups in total. The average Bonchev–Trinajstić information content (AvgIpc) is 3.44. The second-order valence-electron chi connectivity index (χ2n) is 8.48. The standard InChI is InChI=1S/C19H32O2S2/c1-18(12-20-18)22-16-9-5-3-7-14(16)11-15-8-4-6-10-17(15)23-19(2)13-21-19/h14-17H,3-13H2,1-2H3. The molecule has 4 fully saturated rings. The summed E-state index contributed by atoms with van der Waals surface area (Å²) in [6.45, 7) is 6.51. The monoisotopic (exact) mass is 356 g/mol.